The molecule has 0 atom stereocenters. The van der Waals surface area contributed by atoms with E-state index in [2.05, 4.69) is 23.0 Å². The average Bonchev–Trinajstić information content (AvgIpc) is 2.79. The summed E-state index contributed by atoms with van der Waals surface area (Å²) >= 11 is 0. The van der Waals surface area contributed by atoms with Gasteiger partial charge in [-0.2, -0.15) is 5.26 Å². The maximum Gasteiger partial charge on any atom is 0.210 e. The first kappa shape index (κ1) is 12.2. The number of aromatic nitrogens is 2. The van der Waals surface area contributed by atoms with Gasteiger partial charge in [0, 0.05) is 11.3 Å². The molecule has 0 aliphatic carbocycles. The lowest BCUT2D eigenvalue weighted by atomic mass is 10.0. The number of hydrogen-bond donors (Lipinski definition) is 1. The highest BCUT2D eigenvalue weighted by Crippen LogP contribution is 2.31. The fraction of sp³-hybridized carbons (Fsp3) is 0.286. The van der Waals surface area contributed by atoms with Gasteiger partial charge < -0.3 is 9.72 Å². The Bertz CT molecular complexity index is 608. The molecule has 0 fully saturated rings. The van der Waals surface area contributed by atoms with E-state index in [9.17, 15) is 0 Å². The van der Waals surface area contributed by atoms with Crippen molar-refractivity contribution in [3.63, 3.8) is 0 Å². The summed E-state index contributed by atoms with van der Waals surface area (Å²) < 4.78 is 5.36. The number of hydrogen-bond acceptors (Lipinski definition) is 3. The zero-order valence-electron chi connectivity index (χ0n) is 10.7. The zero-order chi connectivity index (χ0) is 13.1. The van der Waals surface area contributed by atoms with Crippen molar-refractivity contribution < 1.29 is 4.74 Å². The quantitative estimate of drug-likeness (QED) is 0.898. The van der Waals surface area contributed by atoms with Crippen LogP contribution in [0.25, 0.3) is 11.3 Å². The summed E-state index contributed by atoms with van der Waals surface area (Å²) in [6, 6.07) is 8.05. The second-order valence-electron chi connectivity index (χ2n) is 4.06. The lowest BCUT2D eigenvalue weighted by Crippen LogP contribution is -1.92. The van der Waals surface area contributed by atoms with E-state index in [0.717, 1.165) is 29.1 Å². The Balaban J connectivity index is 2.61. The molecule has 1 aromatic carbocycles. The number of nitriles is 1. The molecule has 92 valence electrons. The molecule has 0 spiro atoms. The van der Waals surface area contributed by atoms with Crippen LogP contribution in [-0.2, 0) is 6.42 Å². The summed E-state index contributed by atoms with van der Waals surface area (Å²) in [5, 5.41) is 8.87. The number of nitrogens with one attached hydrogen (secondary N) is 1. The number of imidazole rings is 1. The molecule has 0 saturated carbocycles. The minimum Gasteiger partial charge on any atom is -0.496 e. The Morgan fingerprint density at radius 2 is 2.22 bits per heavy atom. The standard InChI is InChI=1S/C14H15N3O/c1-4-10-5-6-12(18-3)11(7-10)14-9(2)16-13(8-15)17-14/h5-7H,4H2,1-3H3,(H,16,17). The van der Waals surface area contributed by atoms with Gasteiger partial charge in [0.05, 0.1) is 12.8 Å². The number of benzene rings is 1. The molecule has 4 heteroatoms. The Morgan fingerprint density at radius 1 is 1.44 bits per heavy atom. The highest BCUT2D eigenvalue weighted by Gasteiger charge is 2.13. The monoisotopic (exact) mass is 241 g/mol. The molecule has 0 unspecified atom stereocenters. The highest BCUT2D eigenvalue weighted by atomic mass is 16.5. The van der Waals surface area contributed by atoms with Crippen molar-refractivity contribution in [2.24, 2.45) is 0 Å². The smallest absolute Gasteiger partial charge is 0.210 e. The van der Waals surface area contributed by atoms with Gasteiger partial charge in [-0.1, -0.05) is 13.0 Å². The van der Waals surface area contributed by atoms with Gasteiger partial charge in [0.15, 0.2) is 0 Å². The summed E-state index contributed by atoms with van der Waals surface area (Å²) in [7, 11) is 1.64. The fourth-order valence-electron chi connectivity index (χ4n) is 1.94. The fourth-order valence-corrected chi connectivity index (χ4v) is 1.94. The molecule has 1 aromatic heterocycles. The molecule has 0 saturated heterocycles. The van der Waals surface area contributed by atoms with Gasteiger partial charge in [0.25, 0.3) is 0 Å². The normalized spacial score (nSPS) is 10.1. The number of aryl methyl sites for hydroxylation is 2. The first-order valence-electron chi connectivity index (χ1n) is 5.83. The largest absolute Gasteiger partial charge is 0.496 e. The Labute approximate surface area is 106 Å². The zero-order valence-corrected chi connectivity index (χ0v) is 10.7. The van der Waals surface area contributed by atoms with E-state index in [0.29, 0.717) is 5.82 Å². The van der Waals surface area contributed by atoms with E-state index in [1.54, 1.807) is 7.11 Å². The van der Waals surface area contributed by atoms with Gasteiger partial charge >= 0.3 is 0 Å². The van der Waals surface area contributed by atoms with Crippen molar-refractivity contribution in [3.05, 3.63) is 35.3 Å². The van der Waals surface area contributed by atoms with Crippen LogP contribution in [-0.4, -0.2) is 17.1 Å². The third kappa shape index (κ3) is 2.07. The predicted molar refractivity (Wildman–Crippen MR) is 69.4 cm³/mol. The molecular weight excluding hydrogens is 226 g/mol. The average molecular weight is 241 g/mol. The molecular formula is C14H15N3O. The van der Waals surface area contributed by atoms with Crippen molar-refractivity contribution in [1.29, 1.82) is 5.26 Å². The van der Waals surface area contributed by atoms with Crippen molar-refractivity contribution >= 4 is 0 Å². The number of aromatic amines is 1. The Hall–Kier alpha value is -2.28. The van der Waals surface area contributed by atoms with Crippen molar-refractivity contribution in [2.45, 2.75) is 20.3 Å². The molecule has 1 heterocycles. The van der Waals surface area contributed by atoms with Gasteiger partial charge in [0.1, 0.15) is 11.8 Å². The number of rotatable bonds is 3. The molecule has 0 radical (unpaired) electrons. The molecule has 0 aliphatic heterocycles. The van der Waals surface area contributed by atoms with E-state index < -0.39 is 0 Å². The SMILES string of the molecule is CCc1ccc(OC)c(-c2nc(C#N)[nH]c2C)c1. The van der Waals surface area contributed by atoms with Crippen LogP contribution in [0.15, 0.2) is 18.2 Å². The highest BCUT2D eigenvalue weighted by molar-refractivity contribution is 5.70. The number of H-pyrrole nitrogens is 1. The minimum absolute atomic E-state index is 0.325. The topological polar surface area (TPSA) is 61.7 Å². The molecule has 0 aliphatic rings. The first-order valence-corrected chi connectivity index (χ1v) is 5.83. The van der Waals surface area contributed by atoms with Crippen LogP contribution >= 0.6 is 0 Å². The van der Waals surface area contributed by atoms with E-state index >= 15 is 0 Å². The predicted octanol–water partition coefficient (Wildman–Crippen LogP) is 2.83. The van der Waals surface area contributed by atoms with Crippen molar-refractivity contribution in [3.8, 4) is 23.1 Å². The molecule has 1 N–H and O–H groups in total. The third-order valence-electron chi connectivity index (χ3n) is 2.92. The number of ether oxygens (including phenoxy) is 1. The summed E-state index contributed by atoms with van der Waals surface area (Å²) in [6.07, 6.45) is 0.950. The van der Waals surface area contributed by atoms with Gasteiger partial charge in [-0.05, 0) is 31.0 Å². The van der Waals surface area contributed by atoms with Crippen molar-refractivity contribution in [2.75, 3.05) is 7.11 Å². The summed E-state index contributed by atoms with van der Waals surface area (Å²) in [4.78, 5) is 7.24. The second-order valence-corrected chi connectivity index (χ2v) is 4.06. The maximum atomic E-state index is 8.87. The van der Waals surface area contributed by atoms with Crippen LogP contribution in [0.3, 0.4) is 0 Å². The first-order chi connectivity index (χ1) is 8.69. The summed E-state index contributed by atoms with van der Waals surface area (Å²) in [5.74, 6) is 1.10. The molecule has 0 bridgehead atoms. The molecule has 18 heavy (non-hydrogen) atoms. The lowest BCUT2D eigenvalue weighted by Gasteiger charge is -2.09. The van der Waals surface area contributed by atoms with E-state index in [-0.39, 0.29) is 0 Å². The van der Waals surface area contributed by atoms with Crippen LogP contribution in [0, 0.1) is 18.3 Å². The van der Waals surface area contributed by atoms with Crippen LogP contribution < -0.4 is 4.74 Å². The minimum atomic E-state index is 0.325. The molecule has 2 aromatic rings. The van der Waals surface area contributed by atoms with Crippen LogP contribution in [0.5, 0.6) is 5.75 Å². The molecule has 2 rings (SSSR count). The van der Waals surface area contributed by atoms with Crippen LogP contribution in [0.2, 0.25) is 0 Å². The van der Waals surface area contributed by atoms with E-state index in [1.807, 2.05) is 25.1 Å². The Morgan fingerprint density at radius 3 is 2.78 bits per heavy atom. The molecule has 0 amide bonds. The van der Waals surface area contributed by atoms with Gasteiger partial charge in [0.2, 0.25) is 5.82 Å². The van der Waals surface area contributed by atoms with Crippen molar-refractivity contribution in [1.82, 2.24) is 9.97 Å². The van der Waals surface area contributed by atoms with Gasteiger partial charge in [-0.25, -0.2) is 4.98 Å². The van der Waals surface area contributed by atoms with Crippen LogP contribution in [0.4, 0.5) is 0 Å². The van der Waals surface area contributed by atoms with Gasteiger partial charge in [-0.15, -0.1) is 0 Å². The van der Waals surface area contributed by atoms with Gasteiger partial charge in [-0.3, -0.25) is 0 Å². The lowest BCUT2D eigenvalue weighted by molar-refractivity contribution is 0.416. The maximum absolute atomic E-state index is 8.87. The number of methoxy groups -OCH3 is 1. The van der Waals surface area contributed by atoms with E-state index in [1.165, 1.54) is 5.56 Å². The Kier molecular flexibility index (Phi) is 3.33. The van der Waals surface area contributed by atoms with E-state index in [4.69, 9.17) is 10.00 Å². The summed E-state index contributed by atoms with van der Waals surface area (Å²) in [6.45, 7) is 4.00. The summed E-state index contributed by atoms with van der Waals surface area (Å²) in [5.41, 5.74) is 3.79. The number of nitrogens with zero attached hydrogens (tertiary/aromatic N) is 2. The van der Waals surface area contributed by atoms with Crippen LogP contribution in [0.1, 0.15) is 24.0 Å². The third-order valence-corrected chi connectivity index (χ3v) is 2.92. The molecule has 4 nitrogen and oxygen atoms in total. The second kappa shape index (κ2) is 4.92.